The van der Waals surface area contributed by atoms with Crippen LogP contribution in [0.4, 0.5) is 14.5 Å². The van der Waals surface area contributed by atoms with Gasteiger partial charge in [0.2, 0.25) is 5.78 Å². The monoisotopic (exact) mass is 290 g/mol. The molecule has 0 aliphatic heterocycles. The topological polar surface area (TPSA) is 105 Å². The summed E-state index contributed by atoms with van der Waals surface area (Å²) < 4.78 is 27.7. The van der Waals surface area contributed by atoms with Crippen molar-refractivity contribution in [1.82, 2.24) is 15.0 Å². The number of hydrogen-bond acceptors (Lipinski definition) is 4. The van der Waals surface area contributed by atoms with Gasteiger partial charge in [-0.05, 0) is 12.1 Å². The second kappa shape index (κ2) is 4.51. The van der Waals surface area contributed by atoms with Crippen LogP contribution in [-0.4, -0.2) is 20.7 Å². The molecule has 106 valence electrons. The lowest BCUT2D eigenvalue weighted by Crippen LogP contribution is -2.13. The molecule has 3 rings (SSSR count). The third-order valence-electron chi connectivity index (χ3n) is 3.07. The molecule has 0 saturated carbocycles. The van der Waals surface area contributed by atoms with Gasteiger partial charge in [0.05, 0.1) is 28.5 Å². The first-order valence-electron chi connectivity index (χ1n) is 5.83. The molecule has 21 heavy (non-hydrogen) atoms. The zero-order valence-electron chi connectivity index (χ0n) is 10.4. The van der Waals surface area contributed by atoms with Crippen molar-refractivity contribution >= 4 is 22.5 Å². The van der Waals surface area contributed by atoms with Crippen molar-refractivity contribution in [3.63, 3.8) is 0 Å². The largest absolute Gasteiger partial charge is 0.396 e. The van der Waals surface area contributed by atoms with Crippen molar-refractivity contribution in [2.24, 2.45) is 0 Å². The van der Waals surface area contributed by atoms with Crippen molar-refractivity contribution < 1.29 is 13.6 Å². The third-order valence-corrected chi connectivity index (χ3v) is 3.07. The summed E-state index contributed by atoms with van der Waals surface area (Å²) in [6.45, 7) is 0. The Balaban J connectivity index is 2.28. The van der Waals surface area contributed by atoms with E-state index in [1.54, 1.807) is 0 Å². The number of aromatic amines is 2. The van der Waals surface area contributed by atoms with Crippen LogP contribution in [0, 0.1) is 11.6 Å². The number of nitrogen functional groups attached to an aromatic ring is 1. The lowest BCUT2D eigenvalue weighted by atomic mass is 10.0. The number of nitrogens with zero attached hydrogens (tertiary/aromatic N) is 1. The number of ketones is 1. The summed E-state index contributed by atoms with van der Waals surface area (Å²) in [5, 5.41) is -0.0660. The molecule has 0 aliphatic rings. The standard InChI is InChI=1S/C13H8F2N4O2/c14-6-1-2-7(16)10(15)9(6)11(20)5-3-17-12-8(5)13(21)19-4-18-12/h1-4H,16H2,(H2,17,18,19,21). The van der Waals surface area contributed by atoms with Gasteiger partial charge < -0.3 is 15.7 Å². The lowest BCUT2D eigenvalue weighted by molar-refractivity contribution is 0.103. The fourth-order valence-corrected chi connectivity index (χ4v) is 2.06. The van der Waals surface area contributed by atoms with E-state index in [1.807, 2.05) is 0 Å². The van der Waals surface area contributed by atoms with Crippen LogP contribution in [-0.2, 0) is 0 Å². The number of halogens is 2. The van der Waals surface area contributed by atoms with Gasteiger partial charge in [-0.15, -0.1) is 0 Å². The Morgan fingerprint density at radius 1 is 1.24 bits per heavy atom. The maximum absolute atomic E-state index is 13.9. The molecule has 6 nitrogen and oxygen atoms in total. The number of benzene rings is 1. The van der Waals surface area contributed by atoms with E-state index in [0.717, 1.165) is 18.5 Å². The van der Waals surface area contributed by atoms with Crippen LogP contribution in [0.3, 0.4) is 0 Å². The van der Waals surface area contributed by atoms with Crippen LogP contribution in [0.2, 0.25) is 0 Å². The van der Waals surface area contributed by atoms with Gasteiger partial charge in [-0.3, -0.25) is 9.59 Å². The van der Waals surface area contributed by atoms with Gasteiger partial charge >= 0.3 is 0 Å². The Morgan fingerprint density at radius 2 is 2.00 bits per heavy atom. The Bertz CT molecular complexity index is 930. The molecule has 0 aliphatic carbocycles. The number of H-pyrrole nitrogens is 2. The fraction of sp³-hybridized carbons (Fsp3) is 0. The zero-order chi connectivity index (χ0) is 15.1. The van der Waals surface area contributed by atoms with Gasteiger partial charge in [0.1, 0.15) is 11.5 Å². The highest BCUT2D eigenvalue weighted by Crippen LogP contribution is 2.23. The number of anilines is 1. The lowest BCUT2D eigenvalue weighted by Gasteiger charge is -2.05. The molecular weight excluding hydrogens is 282 g/mol. The van der Waals surface area contributed by atoms with Gasteiger partial charge in [-0.1, -0.05) is 0 Å². The number of aromatic nitrogens is 3. The average molecular weight is 290 g/mol. The van der Waals surface area contributed by atoms with E-state index < -0.39 is 28.5 Å². The molecule has 0 spiro atoms. The number of carbonyl (C=O) groups is 1. The first-order valence-corrected chi connectivity index (χ1v) is 5.83. The molecule has 0 saturated heterocycles. The van der Waals surface area contributed by atoms with Crippen LogP contribution in [0.5, 0.6) is 0 Å². The highest BCUT2D eigenvalue weighted by molar-refractivity contribution is 6.16. The van der Waals surface area contributed by atoms with E-state index in [9.17, 15) is 18.4 Å². The van der Waals surface area contributed by atoms with Crippen molar-refractivity contribution in [1.29, 1.82) is 0 Å². The molecule has 3 aromatic rings. The molecule has 0 bridgehead atoms. The minimum absolute atomic E-state index is 0.0660. The Morgan fingerprint density at radius 3 is 2.76 bits per heavy atom. The fourth-order valence-electron chi connectivity index (χ4n) is 2.06. The number of fused-ring (bicyclic) bond motifs is 1. The summed E-state index contributed by atoms with van der Waals surface area (Å²) in [6, 6.07) is 1.91. The maximum Gasteiger partial charge on any atom is 0.260 e. The molecular formula is C13H8F2N4O2. The van der Waals surface area contributed by atoms with E-state index in [-0.39, 0.29) is 22.3 Å². The van der Waals surface area contributed by atoms with Crippen molar-refractivity contribution in [2.45, 2.75) is 0 Å². The minimum atomic E-state index is -1.16. The van der Waals surface area contributed by atoms with Crippen LogP contribution in [0.15, 0.2) is 29.5 Å². The summed E-state index contributed by atoms with van der Waals surface area (Å²) in [7, 11) is 0. The van der Waals surface area contributed by atoms with E-state index in [0.29, 0.717) is 0 Å². The van der Waals surface area contributed by atoms with Crippen molar-refractivity contribution in [3.05, 3.63) is 57.8 Å². The second-order valence-corrected chi connectivity index (χ2v) is 4.31. The Kier molecular flexibility index (Phi) is 2.79. The molecule has 2 heterocycles. The van der Waals surface area contributed by atoms with Gasteiger partial charge in [-0.2, -0.15) is 0 Å². The van der Waals surface area contributed by atoms with E-state index >= 15 is 0 Å². The zero-order valence-corrected chi connectivity index (χ0v) is 10.4. The molecule has 2 aromatic heterocycles. The second-order valence-electron chi connectivity index (χ2n) is 4.31. The molecule has 0 fully saturated rings. The number of rotatable bonds is 2. The molecule has 0 atom stereocenters. The maximum atomic E-state index is 13.9. The summed E-state index contributed by atoms with van der Waals surface area (Å²) in [6.07, 6.45) is 2.33. The number of carbonyl (C=O) groups excluding carboxylic acids is 1. The average Bonchev–Trinajstić information content (AvgIpc) is 2.88. The summed E-state index contributed by atoms with van der Waals surface area (Å²) >= 11 is 0. The first kappa shape index (κ1) is 13.0. The van der Waals surface area contributed by atoms with Crippen molar-refractivity contribution in [2.75, 3.05) is 5.73 Å². The molecule has 0 radical (unpaired) electrons. The van der Waals surface area contributed by atoms with Crippen LogP contribution in [0.25, 0.3) is 11.0 Å². The van der Waals surface area contributed by atoms with Gasteiger partial charge in [0.15, 0.2) is 5.82 Å². The summed E-state index contributed by atoms with van der Waals surface area (Å²) in [5.41, 5.74) is 3.56. The smallest absolute Gasteiger partial charge is 0.260 e. The van der Waals surface area contributed by atoms with Gasteiger partial charge in [0, 0.05) is 6.20 Å². The van der Waals surface area contributed by atoms with E-state index in [1.165, 1.54) is 6.20 Å². The number of hydrogen-bond donors (Lipinski definition) is 3. The number of nitrogens with two attached hydrogens (primary N) is 1. The quantitative estimate of drug-likeness (QED) is 0.489. The van der Waals surface area contributed by atoms with E-state index in [4.69, 9.17) is 5.73 Å². The summed E-state index contributed by atoms with van der Waals surface area (Å²) in [5.74, 6) is -3.20. The number of nitrogens with one attached hydrogen (secondary N) is 2. The Hall–Kier alpha value is -3.03. The van der Waals surface area contributed by atoms with E-state index in [2.05, 4.69) is 15.0 Å². The Labute approximate surface area is 115 Å². The first-order chi connectivity index (χ1) is 10.0. The van der Waals surface area contributed by atoms with Crippen LogP contribution < -0.4 is 11.3 Å². The van der Waals surface area contributed by atoms with Gasteiger partial charge in [-0.25, -0.2) is 13.8 Å². The molecule has 4 N–H and O–H groups in total. The third kappa shape index (κ3) is 1.88. The predicted molar refractivity (Wildman–Crippen MR) is 70.9 cm³/mol. The molecule has 8 heteroatoms. The van der Waals surface area contributed by atoms with Crippen molar-refractivity contribution in [3.8, 4) is 0 Å². The normalized spacial score (nSPS) is 11.0. The molecule has 1 aromatic carbocycles. The highest BCUT2D eigenvalue weighted by Gasteiger charge is 2.24. The SMILES string of the molecule is Nc1ccc(F)c(C(=O)c2c[nH]c3nc[nH]c(=O)c23)c1F. The minimum Gasteiger partial charge on any atom is -0.396 e. The molecule has 0 unspecified atom stereocenters. The van der Waals surface area contributed by atoms with Crippen LogP contribution >= 0.6 is 0 Å². The summed E-state index contributed by atoms with van der Waals surface area (Å²) in [4.78, 5) is 32.8. The predicted octanol–water partition coefficient (Wildman–Crippen LogP) is 1.34. The van der Waals surface area contributed by atoms with Crippen LogP contribution in [0.1, 0.15) is 15.9 Å². The van der Waals surface area contributed by atoms with Gasteiger partial charge in [0.25, 0.3) is 5.56 Å². The highest BCUT2D eigenvalue weighted by atomic mass is 19.1. The molecule has 0 amide bonds.